The van der Waals surface area contributed by atoms with Crippen molar-refractivity contribution in [1.29, 1.82) is 0 Å². The van der Waals surface area contributed by atoms with Gasteiger partial charge in [0.05, 0.1) is 12.4 Å². The van der Waals surface area contributed by atoms with Crippen LogP contribution in [0.25, 0.3) is 17.1 Å². The van der Waals surface area contributed by atoms with Gasteiger partial charge in [-0.25, -0.2) is 5.48 Å². The summed E-state index contributed by atoms with van der Waals surface area (Å²) >= 11 is 1.31. The second-order valence-electron chi connectivity index (χ2n) is 6.93. The van der Waals surface area contributed by atoms with Crippen molar-refractivity contribution in [2.24, 2.45) is 0 Å². The molecular weight excluding hydrogens is 408 g/mol. The quantitative estimate of drug-likeness (QED) is 0.327. The number of aromatic nitrogens is 3. The van der Waals surface area contributed by atoms with Crippen molar-refractivity contribution in [3.63, 3.8) is 0 Å². The first kappa shape index (κ1) is 20.8. The van der Waals surface area contributed by atoms with Gasteiger partial charge in [-0.3, -0.25) is 14.2 Å². The van der Waals surface area contributed by atoms with E-state index in [9.17, 15) is 4.79 Å². The standard InChI is InChI=1S/C24H22N4O2S/c1-18-12-14-21(15-13-18)28-23(20-10-6-3-7-11-20)25-26-24(28)31-17-22(29)27-30-16-19-8-4-2-5-9-19/h2-15H,16-17H2,1H3,(H,27,29). The van der Waals surface area contributed by atoms with Crippen LogP contribution in [0.1, 0.15) is 11.1 Å². The van der Waals surface area contributed by atoms with E-state index in [2.05, 4.69) is 15.7 Å². The molecule has 1 amide bonds. The fraction of sp³-hybridized carbons (Fsp3) is 0.125. The summed E-state index contributed by atoms with van der Waals surface area (Å²) in [6, 6.07) is 27.7. The summed E-state index contributed by atoms with van der Waals surface area (Å²) in [5.41, 5.74) is 6.54. The highest BCUT2D eigenvalue weighted by Crippen LogP contribution is 2.28. The molecule has 156 valence electrons. The molecule has 0 aliphatic rings. The lowest BCUT2D eigenvalue weighted by Gasteiger charge is -2.11. The summed E-state index contributed by atoms with van der Waals surface area (Å²) in [5, 5.41) is 9.38. The van der Waals surface area contributed by atoms with Gasteiger partial charge in [0.1, 0.15) is 0 Å². The van der Waals surface area contributed by atoms with Crippen LogP contribution in [-0.2, 0) is 16.2 Å². The zero-order chi connectivity index (χ0) is 21.5. The number of benzene rings is 3. The maximum atomic E-state index is 12.3. The molecule has 4 aromatic rings. The Morgan fingerprint density at radius 3 is 2.32 bits per heavy atom. The minimum atomic E-state index is -0.236. The molecule has 0 aliphatic heterocycles. The lowest BCUT2D eigenvalue weighted by molar-refractivity contribution is -0.131. The fourth-order valence-corrected chi connectivity index (χ4v) is 3.74. The molecule has 0 bridgehead atoms. The number of rotatable bonds is 8. The smallest absolute Gasteiger partial charge is 0.254 e. The van der Waals surface area contributed by atoms with Crippen LogP contribution in [0.5, 0.6) is 0 Å². The molecular formula is C24H22N4O2S. The molecule has 0 saturated carbocycles. The van der Waals surface area contributed by atoms with Crippen LogP contribution in [-0.4, -0.2) is 26.4 Å². The Morgan fingerprint density at radius 2 is 1.61 bits per heavy atom. The Morgan fingerprint density at radius 1 is 0.935 bits per heavy atom. The highest BCUT2D eigenvalue weighted by atomic mass is 32.2. The van der Waals surface area contributed by atoms with E-state index in [4.69, 9.17) is 4.84 Å². The molecule has 0 spiro atoms. The fourth-order valence-electron chi connectivity index (χ4n) is 3.00. The van der Waals surface area contributed by atoms with Crippen molar-refractivity contribution < 1.29 is 9.63 Å². The Labute approximate surface area is 185 Å². The first-order valence-corrected chi connectivity index (χ1v) is 10.8. The van der Waals surface area contributed by atoms with E-state index >= 15 is 0 Å². The number of hydroxylamine groups is 1. The molecule has 0 saturated heterocycles. The number of nitrogens with one attached hydrogen (secondary N) is 1. The van der Waals surface area contributed by atoms with Crippen molar-refractivity contribution >= 4 is 17.7 Å². The summed E-state index contributed by atoms with van der Waals surface area (Å²) in [4.78, 5) is 17.6. The number of amides is 1. The monoisotopic (exact) mass is 430 g/mol. The molecule has 4 rings (SSSR count). The maximum absolute atomic E-state index is 12.3. The van der Waals surface area contributed by atoms with Gasteiger partial charge in [0.25, 0.3) is 5.91 Å². The summed E-state index contributed by atoms with van der Waals surface area (Å²) in [5.74, 6) is 0.654. The number of carbonyl (C=O) groups excluding carboxylic acids is 1. The van der Waals surface area contributed by atoms with Gasteiger partial charge in [0.2, 0.25) is 0 Å². The Kier molecular flexibility index (Phi) is 6.76. The minimum Gasteiger partial charge on any atom is -0.272 e. The average molecular weight is 431 g/mol. The third kappa shape index (κ3) is 5.39. The zero-order valence-electron chi connectivity index (χ0n) is 17.1. The van der Waals surface area contributed by atoms with E-state index in [1.165, 1.54) is 17.3 Å². The molecule has 0 aliphatic carbocycles. The van der Waals surface area contributed by atoms with Crippen molar-refractivity contribution in [2.75, 3.05) is 5.75 Å². The van der Waals surface area contributed by atoms with E-state index in [0.29, 0.717) is 11.8 Å². The van der Waals surface area contributed by atoms with Gasteiger partial charge >= 0.3 is 0 Å². The van der Waals surface area contributed by atoms with E-state index in [0.717, 1.165) is 22.6 Å². The van der Waals surface area contributed by atoms with Crippen molar-refractivity contribution in [3.8, 4) is 17.1 Å². The number of thioether (sulfide) groups is 1. The van der Waals surface area contributed by atoms with Gasteiger partial charge < -0.3 is 0 Å². The van der Waals surface area contributed by atoms with Gasteiger partial charge in [0.15, 0.2) is 11.0 Å². The van der Waals surface area contributed by atoms with E-state index in [1.54, 1.807) is 0 Å². The van der Waals surface area contributed by atoms with Gasteiger partial charge in [-0.2, -0.15) is 0 Å². The first-order valence-electron chi connectivity index (χ1n) is 9.86. The zero-order valence-corrected chi connectivity index (χ0v) is 17.9. The van der Waals surface area contributed by atoms with Gasteiger partial charge in [0, 0.05) is 11.3 Å². The predicted octanol–water partition coefficient (Wildman–Crippen LogP) is 4.58. The minimum absolute atomic E-state index is 0.160. The highest BCUT2D eigenvalue weighted by molar-refractivity contribution is 7.99. The van der Waals surface area contributed by atoms with Gasteiger partial charge in [-0.05, 0) is 24.6 Å². The normalized spacial score (nSPS) is 10.7. The Bertz CT molecular complexity index is 1130. The van der Waals surface area contributed by atoms with E-state index < -0.39 is 0 Å². The predicted molar refractivity (Wildman–Crippen MR) is 122 cm³/mol. The maximum Gasteiger partial charge on any atom is 0.254 e. The van der Waals surface area contributed by atoms with Crippen LogP contribution in [0.15, 0.2) is 90.1 Å². The van der Waals surface area contributed by atoms with Crippen molar-refractivity contribution in [1.82, 2.24) is 20.2 Å². The van der Waals surface area contributed by atoms with Crippen molar-refractivity contribution in [2.45, 2.75) is 18.7 Å². The molecule has 1 heterocycles. The van der Waals surface area contributed by atoms with Crippen LogP contribution in [0, 0.1) is 6.92 Å². The third-order valence-electron chi connectivity index (χ3n) is 4.56. The van der Waals surface area contributed by atoms with Crippen LogP contribution in [0.4, 0.5) is 0 Å². The third-order valence-corrected chi connectivity index (χ3v) is 5.49. The molecule has 6 nitrogen and oxygen atoms in total. The Hall–Kier alpha value is -3.42. The molecule has 3 aromatic carbocycles. The highest BCUT2D eigenvalue weighted by Gasteiger charge is 2.17. The second kappa shape index (κ2) is 10.1. The van der Waals surface area contributed by atoms with E-state index in [-0.39, 0.29) is 11.7 Å². The van der Waals surface area contributed by atoms with Crippen LogP contribution in [0.3, 0.4) is 0 Å². The first-order chi connectivity index (χ1) is 15.2. The molecule has 0 fully saturated rings. The molecule has 1 aromatic heterocycles. The number of nitrogens with zero attached hydrogens (tertiary/aromatic N) is 3. The average Bonchev–Trinajstić information content (AvgIpc) is 3.23. The second-order valence-corrected chi connectivity index (χ2v) is 7.87. The molecule has 7 heteroatoms. The lowest BCUT2D eigenvalue weighted by Crippen LogP contribution is -2.25. The van der Waals surface area contributed by atoms with Gasteiger partial charge in [-0.1, -0.05) is 90.1 Å². The number of aryl methyl sites for hydroxylation is 1. The number of carbonyl (C=O) groups is 1. The van der Waals surface area contributed by atoms with E-state index in [1.807, 2.05) is 96.4 Å². The number of hydrogen-bond acceptors (Lipinski definition) is 5. The molecule has 1 N–H and O–H groups in total. The Balaban J connectivity index is 1.47. The SMILES string of the molecule is Cc1ccc(-n2c(SCC(=O)NOCc3ccccc3)nnc2-c2ccccc2)cc1. The topological polar surface area (TPSA) is 69.0 Å². The largest absolute Gasteiger partial charge is 0.272 e. The number of hydrogen-bond donors (Lipinski definition) is 1. The summed E-state index contributed by atoms with van der Waals surface area (Å²) in [6.07, 6.45) is 0. The molecule has 0 unspecified atom stereocenters. The lowest BCUT2D eigenvalue weighted by atomic mass is 10.2. The summed E-state index contributed by atoms with van der Waals surface area (Å²) < 4.78 is 1.97. The molecule has 0 radical (unpaired) electrons. The van der Waals surface area contributed by atoms with Crippen LogP contribution < -0.4 is 5.48 Å². The summed E-state index contributed by atoms with van der Waals surface area (Å²) in [6.45, 7) is 2.36. The van der Waals surface area contributed by atoms with Gasteiger partial charge in [-0.15, -0.1) is 10.2 Å². The van der Waals surface area contributed by atoms with Crippen LogP contribution >= 0.6 is 11.8 Å². The molecule has 0 atom stereocenters. The summed E-state index contributed by atoms with van der Waals surface area (Å²) in [7, 11) is 0. The molecule has 31 heavy (non-hydrogen) atoms. The van der Waals surface area contributed by atoms with Crippen LogP contribution in [0.2, 0.25) is 0 Å². The van der Waals surface area contributed by atoms with Crippen molar-refractivity contribution in [3.05, 3.63) is 96.1 Å².